The number of aryl methyl sites for hydroxylation is 2. The van der Waals surface area contributed by atoms with Crippen LogP contribution < -0.4 is 16.4 Å². The van der Waals surface area contributed by atoms with Gasteiger partial charge in [0.15, 0.2) is 5.16 Å². The maximum Gasteiger partial charge on any atom is 0.269 e. The van der Waals surface area contributed by atoms with Crippen molar-refractivity contribution in [2.75, 3.05) is 5.75 Å². The van der Waals surface area contributed by atoms with Crippen LogP contribution in [0.4, 0.5) is 5.69 Å². The second kappa shape index (κ2) is 10.2. The van der Waals surface area contributed by atoms with Crippen molar-refractivity contribution < 1.29 is 14.5 Å². The first kappa shape index (κ1) is 23.6. The fraction of sp³-hybridized carbons (Fsp3) is 0.273. The molecule has 0 aliphatic heterocycles. The van der Waals surface area contributed by atoms with Gasteiger partial charge in [-0.05, 0) is 43.4 Å². The van der Waals surface area contributed by atoms with Crippen LogP contribution in [0.25, 0.3) is 10.2 Å². The lowest BCUT2D eigenvalue weighted by Gasteiger charge is -2.12. The Morgan fingerprint density at radius 1 is 1.24 bits per heavy atom. The molecule has 3 aromatic rings. The zero-order valence-corrected chi connectivity index (χ0v) is 19.7. The van der Waals surface area contributed by atoms with Crippen molar-refractivity contribution in [2.45, 2.75) is 37.4 Å². The number of non-ortho nitro benzene ring substituents is 1. The number of nitrogens with zero attached hydrogens (tertiary/aromatic N) is 3. The normalized spacial score (nSPS) is 12.7. The van der Waals surface area contributed by atoms with Gasteiger partial charge < -0.3 is 0 Å². The molecule has 1 aromatic carbocycles. The average molecular weight is 500 g/mol. The van der Waals surface area contributed by atoms with Gasteiger partial charge in [0.1, 0.15) is 4.83 Å². The topological polar surface area (TPSA) is 136 Å². The number of thiophene rings is 1. The van der Waals surface area contributed by atoms with Crippen LogP contribution in [0.3, 0.4) is 0 Å². The predicted molar refractivity (Wildman–Crippen MR) is 130 cm³/mol. The van der Waals surface area contributed by atoms with Crippen molar-refractivity contribution in [3.8, 4) is 0 Å². The Bertz CT molecular complexity index is 1350. The molecule has 2 aromatic heterocycles. The number of aromatic nitrogens is 2. The Labute approximate surface area is 202 Å². The van der Waals surface area contributed by atoms with E-state index in [0.29, 0.717) is 15.4 Å². The minimum atomic E-state index is -0.611. The summed E-state index contributed by atoms with van der Waals surface area (Å²) >= 11 is 2.64. The van der Waals surface area contributed by atoms with E-state index in [1.54, 1.807) is 17.4 Å². The molecule has 0 saturated heterocycles. The van der Waals surface area contributed by atoms with Crippen molar-refractivity contribution in [1.29, 1.82) is 0 Å². The number of benzene rings is 1. The molecule has 1 aliphatic rings. The summed E-state index contributed by atoms with van der Waals surface area (Å²) in [5.41, 5.74) is 5.57. The van der Waals surface area contributed by atoms with E-state index in [2.05, 4.69) is 22.4 Å². The maximum atomic E-state index is 13.2. The number of fused-ring (bicyclic) bond motifs is 3. The molecule has 34 heavy (non-hydrogen) atoms. The number of carbonyl (C=O) groups is 2. The van der Waals surface area contributed by atoms with Gasteiger partial charge in [0.25, 0.3) is 17.2 Å². The summed E-state index contributed by atoms with van der Waals surface area (Å²) in [6.45, 7) is 3.99. The summed E-state index contributed by atoms with van der Waals surface area (Å²) in [7, 11) is 0. The summed E-state index contributed by atoms with van der Waals surface area (Å²) in [5, 5.41) is 11.8. The molecule has 12 heteroatoms. The fourth-order valence-electron chi connectivity index (χ4n) is 3.72. The molecule has 10 nitrogen and oxygen atoms in total. The Hall–Kier alpha value is -3.51. The number of nitro groups is 1. The number of allylic oxidation sites excluding steroid dienone is 1. The average Bonchev–Trinajstić information content (AvgIpc) is 3.21. The Morgan fingerprint density at radius 3 is 2.68 bits per heavy atom. The van der Waals surface area contributed by atoms with Crippen molar-refractivity contribution in [2.24, 2.45) is 0 Å². The minimum absolute atomic E-state index is 0.0826. The molecule has 4 rings (SSSR count). The van der Waals surface area contributed by atoms with Gasteiger partial charge >= 0.3 is 0 Å². The van der Waals surface area contributed by atoms with Gasteiger partial charge in [-0.1, -0.05) is 17.8 Å². The molecule has 1 aliphatic carbocycles. The van der Waals surface area contributed by atoms with E-state index < -0.39 is 16.7 Å². The summed E-state index contributed by atoms with van der Waals surface area (Å²) in [4.78, 5) is 54.4. The molecule has 0 spiro atoms. The number of carbonyl (C=O) groups excluding carboxylic acids is 2. The summed E-state index contributed by atoms with van der Waals surface area (Å²) in [6.07, 6.45) is 5.61. The van der Waals surface area contributed by atoms with Gasteiger partial charge in [0, 0.05) is 29.1 Å². The number of hydrogen-bond donors (Lipinski definition) is 2. The standard InChI is InChI=1S/C22H21N5O5S2/c1-2-11-26-21(30)18-15-5-3-4-6-16(15)34-20(18)23-22(26)33-12-17(28)24-25-19(29)13-7-9-14(10-8-13)27(31)32/h2,7-10H,1,3-6,11-12H2,(H,24,28)(H,25,29). The summed E-state index contributed by atoms with van der Waals surface area (Å²) in [5.74, 6) is -1.19. The summed E-state index contributed by atoms with van der Waals surface area (Å²) < 4.78 is 1.52. The lowest BCUT2D eigenvalue weighted by molar-refractivity contribution is -0.384. The molecular weight excluding hydrogens is 478 g/mol. The largest absolute Gasteiger partial charge is 0.283 e. The smallest absolute Gasteiger partial charge is 0.269 e. The molecule has 0 saturated carbocycles. The number of nitro benzene ring substituents is 1. The Kier molecular flexibility index (Phi) is 7.08. The van der Waals surface area contributed by atoms with Crippen LogP contribution in [-0.4, -0.2) is 32.0 Å². The van der Waals surface area contributed by atoms with Crippen LogP contribution in [0, 0.1) is 10.1 Å². The molecule has 0 fully saturated rings. The van der Waals surface area contributed by atoms with Crippen LogP contribution >= 0.6 is 23.1 Å². The van der Waals surface area contributed by atoms with E-state index >= 15 is 0 Å². The zero-order valence-electron chi connectivity index (χ0n) is 18.0. The predicted octanol–water partition coefficient (Wildman–Crippen LogP) is 2.98. The van der Waals surface area contributed by atoms with Crippen molar-refractivity contribution in [3.63, 3.8) is 0 Å². The number of hydrazine groups is 1. The number of rotatable bonds is 7. The van der Waals surface area contributed by atoms with Crippen LogP contribution in [0.1, 0.15) is 33.6 Å². The quantitative estimate of drug-likeness (QED) is 0.168. The Balaban J connectivity index is 1.44. The highest BCUT2D eigenvalue weighted by molar-refractivity contribution is 7.99. The first-order chi connectivity index (χ1) is 16.4. The van der Waals surface area contributed by atoms with E-state index in [-0.39, 0.29) is 29.1 Å². The first-order valence-electron chi connectivity index (χ1n) is 10.5. The van der Waals surface area contributed by atoms with Crippen LogP contribution in [-0.2, 0) is 24.2 Å². The van der Waals surface area contributed by atoms with Gasteiger partial charge in [-0.15, -0.1) is 17.9 Å². The van der Waals surface area contributed by atoms with Gasteiger partial charge in [-0.3, -0.25) is 39.9 Å². The molecule has 0 radical (unpaired) electrons. The van der Waals surface area contributed by atoms with Crippen LogP contribution in [0.5, 0.6) is 0 Å². The second-order valence-electron chi connectivity index (χ2n) is 7.58. The number of hydrogen-bond acceptors (Lipinski definition) is 8. The lowest BCUT2D eigenvalue weighted by Crippen LogP contribution is -2.42. The third-order valence-electron chi connectivity index (χ3n) is 5.34. The Morgan fingerprint density at radius 2 is 1.97 bits per heavy atom. The first-order valence-corrected chi connectivity index (χ1v) is 12.3. The van der Waals surface area contributed by atoms with E-state index in [1.807, 2.05) is 0 Å². The van der Waals surface area contributed by atoms with Crippen molar-refractivity contribution >= 4 is 50.8 Å². The van der Waals surface area contributed by atoms with Gasteiger partial charge in [0.2, 0.25) is 5.91 Å². The molecule has 0 bridgehead atoms. The van der Waals surface area contributed by atoms with Gasteiger partial charge in [-0.2, -0.15) is 0 Å². The third kappa shape index (κ3) is 4.87. The molecule has 0 unspecified atom stereocenters. The highest BCUT2D eigenvalue weighted by atomic mass is 32.2. The highest BCUT2D eigenvalue weighted by Gasteiger charge is 2.22. The molecule has 2 N–H and O–H groups in total. The monoisotopic (exact) mass is 499 g/mol. The third-order valence-corrected chi connectivity index (χ3v) is 7.50. The van der Waals surface area contributed by atoms with Gasteiger partial charge in [-0.25, -0.2) is 4.98 Å². The molecule has 176 valence electrons. The molecule has 2 amide bonds. The SMILES string of the molecule is C=CCn1c(SCC(=O)NNC(=O)c2ccc([N+](=O)[O-])cc2)nc2sc3c(c2c1=O)CCCC3. The lowest BCUT2D eigenvalue weighted by atomic mass is 9.97. The number of amides is 2. The number of nitrogens with one attached hydrogen (secondary N) is 2. The maximum absolute atomic E-state index is 13.2. The fourth-order valence-corrected chi connectivity index (χ4v) is 5.83. The molecule has 0 atom stereocenters. The van der Waals surface area contributed by atoms with Crippen LogP contribution in [0.15, 0.2) is 46.9 Å². The molecule has 2 heterocycles. The van der Waals surface area contributed by atoms with E-state index in [1.165, 1.54) is 33.7 Å². The van der Waals surface area contributed by atoms with E-state index in [9.17, 15) is 24.5 Å². The highest BCUT2D eigenvalue weighted by Crippen LogP contribution is 2.34. The van der Waals surface area contributed by atoms with Crippen LogP contribution in [0.2, 0.25) is 0 Å². The van der Waals surface area contributed by atoms with E-state index in [4.69, 9.17) is 0 Å². The molecular formula is C22H21N5O5S2. The van der Waals surface area contributed by atoms with Crippen molar-refractivity contribution in [1.82, 2.24) is 20.4 Å². The summed E-state index contributed by atoms with van der Waals surface area (Å²) in [6, 6.07) is 5.00. The van der Waals surface area contributed by atoms with Crippen molar-refractivity contribution in [3.05, 3.63) is 73.4 Å². The zero-order chi connectivity index (χ0) is 24.2. The second-order valence-corrected chi connectivity index (χ2v) is 9.61. The van der Waals surface area contributed by atoms with E-state index in [0.717, 1.165) is 43.0 Å². The number of thioether (sulfide) groups is 1. The minimum Gasteiger partial charge on any atom is -0.283 e. The van der Waals surface area contributed by atoms with Gasteiger partial charge in [0.05, 0.1) is 16.1 Å².